The molecule has 0 N–H and O–H groups in total. The molecule has 1 aromatic heterocycles. The highest BCUT2D eigenvalue weighted by Gasteiger charge is 2.31. The quantitative estimate of drug-likeness (QED) is 0.576. The lowest BCUT2D eigenvalue weighted by atomic mass is 10.2. The van der Waals surface area contributed by atoms with Gasteiger partial charge in [0.1, 0.15) is 11.0 Å². The number of carbonyl (C=O) groups is 1. The molecular weight excluding hydrogens is 255 g/mol. The molecule has 0 aliphatic heterocycles. The van der Waals surface area contributed by atoms with Gasteiger partial charge in [-0.3, -0.25) is 4.84 Å². The number of carbonyl (C=O) groups excluding carboxylic acids is 1. The maximum absolute atomic E-state index is 12.5. The van der Waals surface area contributed by atoms with Crippen LogP contribution < -0.4 is 4.84 Å². The number of nitrogens with zero attached hydrogens (tertiary/aromatic N) is 3. The zero-order valence-electron chi connectivity index (χ0n) is 8.93. The van der Waals surface area contributed by atoms with Gasteiger partial charge in [0, 0.05) is 0 Å². The first-order valence-corrected chi connectivity index (χ1v) is 4.61. The number of ether oxygens (including phenoxy) is 1. The Bertz CT molecular complexity index is 593. The topological polar surface area (TPSA) is 66.2 Å². The van der Waals surface area contributed by atoms with Crippen molar-refractivity contribution in [3.8, 4) is 0 Å². The second-order valence-corrected chi connectivity index (χ2v) is 3.21. The number of aromatic nitrogens is 3. The summed E-state index contributed by atoms with van der Waals surface area (Å²) in [5.74, 6) is 0. The average Bonchev–Trinajstić information content (AvgIpc) is 2.70. The van der Waals surface area contributed by atoms with Crippen molar-refractivity contribution in [2.24, 2.45) is 0 Å². The van der Waals surface area contributed by atoms with Crippen molar-refractivity contribution in [1.82, 2.24) is 15.2 Å². The third-order valence-corrected chi connectivity index (χ3v) is 2.07. The van der Waals surface area contributed by atoms with E-state index in [4.69, 9.17) is 0 Å². The van der Waals surface area contributed by atoms with Gasteiger partial charge in [0.25, 0.3) is 0 Å². The monoisotopic (exact) mass is 261 g/mol. The van der Waals surface area contributed by atoms with E-state index >= 15 is 0 Å². The van der Waals surface area contributed by atoms with Gasteiger partial charge in [-0.25, -0.2) is 4.79 Å². The second kappa shape index (κ2) is 4.17. The summed E-state index contributed by atoms with van der Waals surface area (Å²) in [6, 6.07) is 2.76. The van der Waals surface area contributed by atoms with Crippen LogP contribution in [0.2, 0.25) is 0 Å². The molecule has 0 radical (unpaired) electrons. The van der Waals surface area contributed by atoms with E-state index in [9.17, 15) is 18.0 Å². The van der Waals surface area contributed by atoms with Crippen molar-refractivity contribution in [3.05, 3.63) is 23.8 Å². The molecule has 0 bridgehead atoms. The Morgan fingerprint density at radius 1 is 1.39 bits per heavy atom. The second-order valence-electron chi connectivity index (χ2n) is 3.21. The summed E-state index contributed by atoms with van der Waals surface area (Å²) in [6.45, 7) is 0. The summed E-state index contributed by atoms with van der Waals surface area (Å²) in [5, 5.41) is 6.92. The molecule has 0 aliphatic carbocycles. The van der Waals surface area contributed by atoms with Gasteiger partial charge in [-0.15, -0.1) is 5.10 Å². The molecule has 96 valence electrons. The summed E-state index contributed by atoms with van der Waals surface area (Å²) in [4.78, 5) is 15.9. The zero-order valence-corrected chi connectivity index (χ0v) is 8.93. The fraction of sp³-hybridized carbons (Fsp3) is 0.222. The van der Waals surface area contributed by atoms with Crippen LogP contribution in [0, 0.1) is 0 Å². The smallest absolute Gasteiger partial charge is 0.436 e. The van der Waals surface area contributed by atoms with Crippen LogP contribution in [0.25, 0.3) is 11.0 Å². The van der Waals surface area contributed by atoms with Crippen molar-refractivity contribution in [2.75, 3.05) is 7.11 Å². The summed E-state index contributed by atoms with van der Waals surface area (Å²) in [6.07, 6.45) is -5.62. The van der Waals surface area contributed by atoms with Crippen LogP contribution in [-0.4, -0.2) is 28.4 Å². The largest absolute Gasteiger partial charge is 0.534 e. The van der Waals surface area contributed by atoms with E-state index < -0.39 is 17.9 Å². The minimum absolute atomic E-state index is 0.0878. The highest BCUT2D eigenvalue weighted by atomic mass is 19.4. The number of hydrogen-bond acceptors (Lipinski definition) is 5. The van der Waals surface area contributed by atoms with E-state index in [1.807, 2.05) is 0 Å². The Balaban J connectivity index is 2.47. The molecule has 2 aromatic rings. The molecule has 0 fully saturated rings. The van der Waals surface area contributed by atoms with E-state index in [0.717, 1.165) is 25.3 Å². The highest BCUT2D eigenvalue weighted by Crippen LogP contribution is 2.30. The Morgan fingerprint density at radius 2 is 2.11 bits per heavy atom. The number of halogens is 3. The Labute approximate surface area is 97.8 Å². The molecule has 0 spiro atoms. The molecule has 0 amide bonds. The zero-order chi connectivity index (χ0) is 13.3. The van der Waals surface area contributed by atoms with Gasteiger partial charge in [0.2, 0.25) is 0 Å². The molecule has 1 heterocycles. The number of hydrogen-bond donors (Lipinski definition) is 0. The van der Waals surface area contributed by atoms with E-state index in [-0.39, 0.29) is 11.0 Å². The summed E-state index contributed by atoms with van der Waals surface area (Å²) in [7, 11) is 1.06. The van der Waals surface area contributed by atoms with Crippen LogP contribution in [0.4, 0.5) is 18.0 Å². The SMILES string of the molecule is COC(=O)On1nnc2ccc(C(F)(F)F)cc21. The number of benzene rings is 1. The number of fused-ring (bicyclic) bond motifs is 1. The van der Waals surface area contributed by atoms with Crippen LogP contribution in [0.3, 0.4) is 0 Å². The van der Waals surface area contributed by atoms with Gasteiger partial charge < -0.3 is 4.74 Å². The first-order chi connectivity index (χ1) is 8.41. The van der Waals surface area contributed by atoms with Crippen molar-refractivity contribution < 1.29 is 27.5 Å². The predicted octanol–water partition coefficient (Wildman–Crippen LogP) is 1.65. The van der Waals surface area contributed by atoms with Crippen LogP contribution in [-0.2, 0) is 10.9 Å². The van der Waals surface area contributed by atoms with Gasteiger partial charge >= 0.3 is 12.3 Å². The standard InChI is InChI=1S/C9H6F3N3O3/c1-17-8(16)18-15-7-4-5(9(10,11)12)2-3-6(7)13-14-15/h2-4H,1H3. The summed E-state index contributed by atoms with van der Waals surface area (Å²) < 4.78 is 41.7. The fourth-order valence-electron chi connectivity index (χ4n) is 1.25. The number of methoxy groups -OCH3 is 1. The fourth-order valence-corrected chi connectivity index (χ4v) is 1.25. The maximum Gasteiger partial charge on any atom is 0.534 e. The molecule has 0 atom stereocenters. The molecule has 0 aliphatic rings. The molecule has 9 heteroatoms. The third-order valence-electron chi connectivity index (χ3n) is 2.07. The first kappa shape index (κ1) is 12.1. The molecule has 2 rings (SSSR count). The van der Waals surface area contributed by atoms with Gasteiger partial charge in [-0.1, -0.05) is 4.85 Å². The lowest BCUT2D eigenvalue weighted by molar-refractivity contribution is -0.137. The lowest BCUT2D eigenvalue weighted by Gasteiger charge is -2.06. The number of alkyl halides is 3. The highest BCUT2D eigenvalue weighted by molar-refractivity contribution is 5.75. The Kier molecular flexibility index (Phi) is 2.81. The van der Waals surface area contributed by atoms with Crippen molar-refractivity contribution in [1.29, 1.82) is 0 Å². The van der Waals surface area contributed by atoms with Gasteiger partial charge in [-0.05, 0) is 23.4 Å². The lowest BCUT2D eigenvalue weighted by Crippen LogP contribution is -2.20. The normalized spacial score (nSPS) is 11.6. The van der Waals surface area contributed by atoms with Crippen molar-refractivity contribution >= 4 is 17.2 Å². The first-order valence-electron chi connectivity index (χ1n) is 4.61. The van der Waals surface area contributed by atoms with Gasteiger partial charge in [-0.2, -0.15) is 13.2 Å². The molecule has 0 saturated heterocycles. The van der Waals surface area contributed by atoms with Crippen LogP contribution in [0.1, 0.15) is 5.56 Å². The molecular formula is C9H6F3N3O3. The average molecular weight is 261 g/mol. The van der Waals surface area contributed by atoms with Gasteiger partial charge in [0.15, 0.2) is 0 Å². The van der Waals surface area contributed by atoms with Crippen LogP contribution in [0.15, 0.2) is 18.2 Å². The van der Waals surface area contributed by atoms with Gasteiger partial charge in [0.05, 0.1) is 12.7 Å². The maximum atomic E-state index is 12.5. The van der Waals surface area contributed by atoms with Crippen LogP contribution >= 0.6 is 0 Å². The van der Waals surface area contributed by atoms with Crippen LogP contribution in [0.5, 0.6) is 0 Å². The third kappa shape index (κ3) is 2.19. The molecule has 0 unspecified atom stereocenters. The minimum Gasteiger partial charge on any atom is -0.436 e. The molecule has 1 aromatic carbocycles. The Hall–Kier alpha value is -2.32. The molecule has 6 nitrogen and oxygen atoms in total. The predicted molar refractivity (Wildman–Crippen MR) is 51.5 cm³/mol. The summed E-state index contributed by atoms with van der Waals surface area (Å²) in [5.41, 5.74) is -0.825. The minimum atomic E-state index is -4.51. The molecule has 18 heavy (non-hydrogen) atoms. The number of rotatable bonds is 1. The summed E-state index contributed by atoms with van der Waals surface area (Å²) >= 11 is 0. The Morgan fingerprint density at radius 3 is 2.72 bits per heavy atom. The van der Waals surface area contributed by atoms with Crippen molar-refractivity contribution in [3.63, 3.8) is 0 Å². The molecule has 0 saturated carbocycles. The van der Waals surface area contributed by atoms with E-state index in [1.165, 1.54) is 0 Å². The van der Waals surface area contributed by atoms with E-state index in [2.05, 4.69) is 19.9 Å². The van der Waals surface area contributed by atoms with E-state index in [0.29, 0.717) is 4.85 Å². The van der Waals surface area contributed by atoms with Crippen molar-refractivity contribution in [2.45, 2.75) is 6.18 Å². The van der Waals surface area contributed by atoms with E-state index in [1.54, 1.807) is 0 Å².